The fourth-order valence-corrected chi connectivity index (χ4v) is 12.2. The summed E-state index contributed by atoms with van der Waals surface area (Å²) in [6.45, 7) is 13.3. The predicted molar refractivity (Wildman–Crippen MR) is 172 cm³/mol. The second-order valence-corrected chi connectivity index (χ2v) is 18.3. The van der Waals surface area contributed by atoms with Crippen LogP contribution in [0.2, 0.25) is 0 Å². The molecule has 2 heterocycles. The Labute approximate surface area is 269 Å². The Morgan fingerprint density at radius 3 is 2.42 bits per heavy atom. The van der Waals surface area contributed by atoms with E-state index in [2.05, 4.69) is 33.0 Å². The first-order valence-electron chi connectivity index (χ1n) is 18.2. The minimum absolute atomic E-state index is 0.0202. The molecule has 3 saturated carbocycles. The van der Waals surface area contributed by atoms with Crippen LogP contribution in [0.15, 0.2) is 11.1 Å². The van der Waals surface area contributed by atoms with Crippen LogP contribution in [0, 0.1) is 45.8 Å². The molecule has 0 bridgehead atoms. The maximum atomic E-state index is 14.1. The van der Waals surface area contributed by atoms with Gasteiger partial charge < -0.3 is 36.2 Å². The molecule has 0 spiro atoms. The first-order valence-corrected chi connectivity index (χ1v) is 18.2. The second kappa shape index (κ2) is 10.3. The molecule has 14 atom stereocenters. The molecule has 8 heteroatoms. The monoisotopic (exact) mass is 628 g/mol. The lowest BCUT2D eigenvalue weighted by molar-refractivity contribution is -0.164. The quantitative estimate of drug-likeness (QED) is 0.232. The van der Waals surface area contributed by atoms with Crippen LogP contribution in [-0.2, 0) is 9.53 Å². The number of ketones is 1. The Bertz CT molecular complexity index is 1260. The van der Waals surface area contributed by atoms with E-state index in [1.54, 1.807) is 0 Å². The van der Waals surface area contributed by atoms with E-state index in [9.17, 15) is 25.2 Å². The number of hydrogen-bond donors (Lipinski definition) is 6. The minimum Gasteiger partial charge on any atom is -0.393 e. The van der Waals surface area contributed by atoms with Gasteiger partial charge in [-0.25, -0.2) is 0 Å². The third kappa shape index (κ3) is 4.44. The Morgan fingerprint density at radius 1 is 0.978 bits per heavy atom. The largest absolute Gasteiger partial charge is 0.393 e. The third-order valence-electron chi connectivity index (χ3n) is 15.7. The van der Waals surface area contributed by atoms with Crippen LogP contribution in [0.25, 0.3) is 0 Å². The molecule has 0 aromatic heterocycles. The maximum absolute atomic E-state index is 14.1. The Hall–Kier alpha value is -0.870. The second-order valence-electron chi connectivity index (χ2n) is 18.3. The molecule has 5 aliphatic carbocycles. The zero-order valence-corrected chi connectivity index (χ0v) is 28.6. The number of epoxide rings is 1. The molecule has 0 amide bonds. The molecule has 2 saturated heterocycles. The van der Waals surface area contributed by atoms with E-state index < -0.39 is 45.9 Å². The molecular formula is C37H60N2O6. The predicted octanol–water partition coefficient (Wildman–Crippen LogP) is 3.97. The summed E-state index contributed by atoms with van der Waals surface area (Å²) in [5.74, 6) is 0.403. The number of rotatable bonds is 7. The Morgan fingerprint density at radius 2 is 1.71 bits per heavy atom. The molecule has 7 aliphatic rings. The first-order chi connectivity index (χ1) is 20.9. The van der Waals surface area contributed by atoms with Crippen molar-refractivity contribution in [3.8, 4) is 0 Å². The fraction of sp³-hybridized carbons (Fsp3) is 0.919. The van der Waals surface area contributed by atoms with Gasteiger partial charge in [-0.15, -0.1) is 0 Å². The van der Waals surface area contributed by atoms with E-state index in [0.29, 0.717) is 31.6 Å². The number of carbonyl (C=O) groups excluding carboxylic acids is 1. The first kappa shape index (κ1) is 32.7. The van der Waals surface area contributed by atoms with Gasteiger partial charge in [0.15, 0.2) is 5.78 Å². The molecule has 0 aromatic rings. The van der Waals surface area contributed by atoms with Crippen LogP contribution in [0.4, 0.5) is 0 Å². The lowest BCUT2D eigenvalue weighted by Crippen LogP contribution is -2.64. The van der Waals surface area contributed by atoms with E-state index in [1.807, 2.05) is 13.8 Å². The summed E-state index contributed by atoms with van der Waals surface area (Å²) in [6.07, 6.45) is 8.29. The summed E-state index contributed by atoms with van der Waals surface area (Å²) < 4.78 is 6.31. The fourth-order valence-electron chi connectivity index (χ4n) is 12.2. The third-order valence-corrected chi connectivity index (χ3v) is 15.7. The molecule has 7 N–H and O–H groups in total. The van der Waals surface area contributed by atoms with Crippen molar-refractivity contribution in [1.29, 1.82) is 0 Å². The Kier molecular flexibility index (Phi) is 7.49. The summed E-state index contributed by atoms with van der Waals surface area (Å²) >= 11 is 0. The summed E-state index contributed by atoms with van der Waals surface area (Å²) in [5.41, 5.74) is 3.17. The van der Waals surface area contributed by atoms with Crippen LogP contribution in [0.1, 0.15) is 119 Å². The molecule has 8 nitrogen and oxygen atoms in total. The molecule has 5 fully saturated rings. The number of carbonyl (C=O) groups is 1. The zero-order chi connectivity index (χ0) is 32.5. The van der Waals surface area contributed by atoms with Crippen molar-refractivity contribution in [3.05, 3.63) is 11.1 Å². The van der Waals surface area contributed by atoms with Gasteiger partial charge in [-0.1, -0.05) is 27.7 Å². The van der Waals surface area contributed by atoms with Crippen molar-refractivity contribution in [2.45, 2.75) is 160 Å². The molecular weight excluding hydrogens is 568 g/mol. The van der Waals surface area contributed by atoms with Gasteiger partial charge in [-0.3, -0.25) is 4.79 Å². The van der Waals surface area contributed by atoms with Crippen molar-refractivity contribution in [2.75, 3.05) is 6.54 Å². The smallest absolute Gasteiger partial charge is 0.162 e. The van der Waals surface area contributed by atoms with E-state index in [-0.39, 0.29) is 41.0 Å². The average Bonchev–Trinajstić information content (AvgIpc) is 3.75. The standard InChI is InChI=1S/C37H60N2O6/c1-32(2,13-9-20-12-16-39-27(38)17-20)36(6,43)31-30(45-31)35(5,42)26-18-21-7-8-23-28-24(11-15-34(26,4)37(21,28)44)33(3)14-10-22(40)19-25(33)29(23)41/h20-22,24-27,30-31,39-40,42-44H,7-19,38H2,1-6H3. The highest BCUT2D eigenvalue weighted by atomic mass is 16.6. The van der Waals surface area contributed by atoms with E-state index in [4.69, 9.17) is 10.5 Å². The number of aliphatic hydroxyl groups is 4. The van der Waals surface area contributed by atoms with Crippen LogP contribution >= 0.6 is 0 Å². The number of nitrogens with two attached hydrogens (primary N) is 1. The zero-order valence-electron chi connectivity index (χ0n) is 28.6. The SMILES string of the molecule is CC(O)(C1OC1C(C)(O)C(C)(C)CCC1CCNC(N)C1)C1CC2CCC3=C4C(CCC1(C)C42O)C1(C)CCC(O)CC1C3=O. The number of piperidine rings is 1. The average molecular weight is 629 g/mol. The molecule has 254 valence electrons. The van der Waals surface area contributed by atoms with Crippen LogP contribution < -0.4 is 11.1 Å². The normalized spacial score (nSPS) is 50.4. The van der Waals surface area contributed by atoms with Gasteiger partial charge in [0.05, 0.1) is 29.1 Å². The van der Waals surface area contributed by atoms with Crippen LogP contribution in [0.3, 0.4) is 0 Å². The highest BCUT2D eigenvalue weighted by Gasteiger charge is 2.76. The van der Waals surface area contributed by atoms with Crippen molar-refractivity contribution in [2.24, 2.45) is 51.6 Å². The van der Waals surface area contributed by atoms with Crippen LogP contribution in [-0.4, -0.2) is 74.0 Å². The number of Topliss-reactive ketones (excluding diaryl/α,β-unsaturated/α-hetero) is 1. The van der Waals surface area contributed by atoms with Crippen LogP contribution in [0.5, 0.6) is 0 Å². The molecule has 14 unspecified atom stereocenters. The molecule has 45 heavy (non-hydrogen) atoms. The number of aliphatic hydroxyl groups excluding tert-OH is 1. The summed E-state index contributed by atoms with van der Waals surface area (Å²) in [6, 6.07) is 0. The van der Waals surface area contributed by atoms with Gasteiger partial charge >= 0.3 is 0 Å². The van der Waals surface area contributed by atoms with Gasteiger partial charge in [-0.05, 0) is 143 Å². The number of ether oxygens (including phenoxy) is 1. The molecule has 2 aliphatic heterocycles. The lowest BCUT2D eigenvalue weighted by atomic mass is 9.42. The van der Waals surface area contributed by atoms with Gasteiger partial charge in [0.1, 0.15) is 12.2 Å². The summed E-state index contributed by atoms with van der Waals surface area (Å²) in [7, 11) is 0. The number of allylic oxidation sites excluding steroid dienone is 1. The van der Waals surface area contributed by atoms with Crippen molar-refractivity contribution < 1.29 is 30.0 Å². The topological polar surface area (TPSA) is 149 Å². The van der Waals surface area contributed by atoms with Gasteiger partial charge in [-0.2, -0.15) is 0 Å². The number of nitrogens with one attached hydrogen (secondary N) is 1. The summed E-state index contributed by atoms with van der Waals surface area (Å²) in [5, 5.41) is 51.4. The van der Waals surface area contributed by atoms with Gasteiger partial charge in [0.2, 0.25) is 0 Å². The number of hydrogen-bond acceptors (Lipinski definition) is 8. The number of fused-ring (bicyclic) bond motifs is 2. The van der Waals surface area contributed by atoms with Gasteiger partial charge in [0, 0.05) is 11.3 Å². The minimum atomic E-state index is -1.25. The van der Waals surface area contributed by atoms with E-state index >= 15 is 0 Å². The van der Waals surface area contributed by atoms with Crippen molar-refractivity contribution in [3.63, 3.8) is 0 Å². The van der Waals surface area contributed by atoms with Crippen molar-refractivity contribution in [1.82, 2.24) is 5.32 Å². The van der Waals surface area contributed by atoms with E-state index in [0.717, 1.165) is 69.1 Å². The Balaban J connectivity index is 1.14. The molecule has 0 aromatic carbocycles. The molecule has 7 rings (SSSR count). The molecule has 0 radical (unpaired) electrons. The highest BCUT2D eigenvalue weighted by Crippen LogP contribution is 2.73. The lowest BCUT2D eigenvalue weighted by Gasteiger charge is -2.63. The summed E-state index contributed by atoms with van der Waals surface area (Å²) in [4.78, 5) is 14.1. The van der Waals surface area contributed by atoms with Crippen molar-refractivity contribution >= 4 is 5.78 Å². The van der Waals surface area contributed by atoms with Gasteiger partial charge in [0.25, 0.3) is 0 Å². The highest BCUT2D eigenvalue weighted by molar-refractivity contribution is 6.00. The maximum Gasteiger partial charge on any atom is 0.162 e. The van der Waals surface area contributed by atoms with E-state index in [1.165, 1.54) is 0 Å².